The zero-order valence-electron chi connectivity index (χ0n) is 17.5. The molecule has 0 aliphatic heterocycles. The van der Waals surface area contributed by atoms with Crippen LogP contribution in [0.5, 0.6) is 0 Å². The predicted octanol–water partition coefficient (Wildman–Crippen LogP) is 8.03. The maximum Gasteiger partial charge on any atom is 0.416 e. The summed E-state index contributed by atoms with van der Waals surface area (Å²) in [5.41, 5.74) is -0.0146. The summed E-state index contributed by atoms with van der Waals surface area (Å²) in [6.07, 6.45) is 13.5. The van der Waals surface area contributed by atoms with E-state index in [0.29, 0.717) is 11.5 Å². The topological polar surface area (TPSA) is 0 Å². The second-order valence-electron chi connectivity index (χ2n) is 8.95. The quantitative estimate of drug-likeness (QED) is 0.447. The molecule has 3 rings (SSSR count). The van der Waals surface area contributed by atoms with Crippen LogP contribution in [0.2, 0.25) is 0 Å². The molecule has 1 aromatic carbocycles. The molecule has 0 aromatic heterocycles. The molecule has 2 aliphatic carbocycles. The summed E-state index contributed by atoms with van der Waals surface area (Å²) in [6, 6.07) is 5.05. The van der Waals surface area contributed by atoms with Crippen LogP contribution in [0.15, 0.2) is 36.4 Å². The first-order valence-corrected chi connectivity index (χ1v) is 11.3. The van der Waals surface area contributed by atoms with Gasteiger partial charge in [-0.05, 0) is 92.5 Å². The molecule has 0 bridgehead atoms. The number of benzene rings is 1. The normalized spacial score (nSPS) is 28.1. The Kier molecular flexibility index (Phi) is 7.87. The smallest absolute Gasteiger partial charge is 0.166 e. The zero-order chi connectivity index (χ0) is 20.7. The average molecular weight is 403 g/mol. The largest absolute Gasteiger partial charge is 0.416 e. The fourth-order valence-corrected chi connectivity index (χ4v) is 5.22. The van der Waals surface area contributed by atoms with Crippen LogP contribution in [-0.4, -0.2) is 0 Å². The lowest BCUT2D eigenvalue weighted by molar-refractivity contribution is -0.137. The highest BCUT2D eigenvalue weighted by Crippen LogP contribution is 2.42. The molecular formula is C26H33F3. The van der Waals surface area contributed by atoms with Gasteiger partial charge in [-0.3, -0.25) is 0 Å². The van der Waals surface area contributed by atoms with E-state index in [1.54, 1.807) is 0 Å². The van der Waals surface area contributed by atoms with Crippen molar-refractivity contribution < 1.29 is 13.2 Å². The molecule has 0 saturated heterocycles. The number of hydrogen-bond donors (Lipinski definition) is 0. The first kappa shape index (κ1) is 22.0. The molecule has 0 radical (unpaired) electrons. The van der Waals surface area contributed by atoms with Crippen LogP contribution in [0.1, 0.15) is 82.3 Å². The molecule has 2 aliphatic rings. The Bertz CT molecular complexity index is 701. The Balaban J connectivity index is 1.41. The summed E-state index contributed by atoms with van der Waals surface area (Å²) < 4.78 is 37.7. The zero-order valence-corrected chi connectivity index (χ0v) is 17.5. The Morgan fingerprint density at radius 1 is 0.897 bits per heavy atom. The van der Waals surface area contributed by atoms with E-state index >= 15 is 0 Å². The standard InChI is InChI=1S/C26H33F3/c1-2-5-20-8-14-23(15-9-20)24-16-10-21(11-17-24)6-3-4-7-22-12-18-25(19-13-22)26(27,28)29/h3,6,12-13,18-21,23-24H,2,5,8-11,14-17H2,1H3. The van der Waals surface area contributed by atoms with Crippen LogP contribution in [0.3, 0.4) is 0 Å². The van der Waals surface area contributed by atoms with E-state index in [4.69, 9.17) is 0 Å². The highest BCUT2D eigenvalue weighted by Gasteiger charge is 2.30. The van der Waals surface area contributed by atoms with E-state index in [-0.39, 0.29) is 0 Å². The Morgan fingerprint density at radius 3 is 2.03 bits per heavy atom. The summed E-state index contributed by atoms with van der Waals surface area (Å²) >= 11 is 0. The minimum atomic E-state index is -4.29. The van der Waals surface area contributed by atoms with Gasteiger partial charge in [-0.1, -0.05) is 50.5 Å². The van der Waals surface area contributed by atoms with Crippen molar-refractivity contribution in [2.24, 2.45) is 23.7 Å². The van der Waals surface area contributed by atoms with Crippen LogP contribution < -0.4 is 0 Å². The van der Waals surface area contributed by atoms with Crippen molar-refractivity contribution in [3.05, 3.63) is 47.5 Å². The molecule has 1 aromatic rings. The van der Waals surface area contributed by atoms with Gasteiger partial charge in [0.2, 0.25) is 0 Å². The van der Waals surface area contributed by atoms with Crippen LogP contribution in [0.25, 0.3) is 0 Å². The van der Waals surface area contributed by atoms with Crippen molar-refractivity contribution in [2.45, 2.75) is 77.3 Å². The molecular weight excluding hydrogens is 369 g/mol. The van der Waals surface area contributed by atoms with E-state index in [9.17, 15) is 13.2 Å². The molecule has 0 amide bonds. The number of halogens is 3. The van der Waals surface area contributed by atoms with Gasteiger partial charge in [0.1, 0.15) is 0 Å². The van der Waals surface area contributed by atoms with Gasteiger partial charge in [0.25, 0.3) is 0 Å². The molecule has 0 nitrogen and oxygen atoms in total. The molecule has 0 N–H and O–H groups in total. The Hall–Kier alpha value is -1.69. The lowest BCUT2D eigenvalue weighted by atomic mass is 9.69. The van der Waals surface area contributed by atoms with Gasteiger partial charge in [-0.2, -0.15) is 13.2 Å². The van der Waals surface area contributed by atoms with Crippen molar-refractivity contribution in [1.82, 2.24) is 0 Å². The van der Waals surface area contributed by atoms with Gasteiger partial charge in [0.15, 0.2) is 0 Å². The van der Waals surface area contributed by atoms with E-state index in [0.717, 1.165) is 29.9 Å². The van der Waals surface area contributed by atoms with Gasteiger partial charge in [0.05, 0.1) is 5.56 Å². The molecule has 3 heteroatoms. The third kappa shape index (κ3) is 6.66. The number of allylic oxidation sites excluding steroid dienone is 2. The second-order valence-corrected chi connectivity index (χ2v) is 8.95. The molecule has 0 atom stereocenters. The third-order valence-corrected chi connectivity index (χ3v) is 6.95. The number of rotatable bonds is 4. The average Bonchev–Trinajstić information content (AvgIpc) is 2.72. The summed E-state index contributed by atoms with van der Waals surface area (Å²) in [5.74, 6) is 9.38. The highest BCUT2D eigenvalue weighted by atomic mass is 19.4. The summed E-state index contributed by atoms with van der Waals surface area (Å²) in [6.45, 7) is 2.30. The minimum Gasteiger partial charge on any atom is -0.166 e. The predicted molar refractivity (Wildman–Crippen MR) is 113 cm³/mol. The summed E-state index contributed by atoms with van der Waals surface area (Å²) in [5, 5.41) is 0. The highest BCUT2D eigenvalue weighted by molar-refractivity contribution is 5.39. The molecule has 2 fully saturated rings. The van der Waals surface area contributed by atoms with Crippen molar-refractivity contribution in [3.63, 3.8) is 0 Å². The first-order valence-electron chi connectivity index (χ1n) is 11.3. The number of alkyl halides is 3. The lowest BCUT2D eigenvalue weighted by Gasteiger charge is -2.37. The molecule has 0 unspecified atom stereocenters. The maximum absolute atomic E-state index is 12.6. The third-order valence-electron chi connectivity index (χ3n) is 6.95. The molecule has 0 spiro atoms. The van der Waals surface area contributed by atoms with E-state index in [1.807, 2.05) is 6.08 Å². The first-order chi connectivity index (χ1) is 14.0. The van der Waals surface area contributed by atoms with Crippen molar-refractivity contribution in [2.75, 3.05) is 0 Å². The van der Waals surface area contributed by atoms with Gasteiger partial charge < -0.3 is 0 Å². The monoisotopic (exact) mass is 402 g/mol. The van der Waals surface area contributed by atoms with Gasteiger partial charge in [-0.25, -0.2) is 0 Å². The molecule has 0 heterocycles. The second kappa shape index (κ2) is 10.4. The van der Waals surface area contributed by atoms with E-state index in [1.165, 1.54) is 76.3 Å². The summed E-state index contributed by atoms with van der Waals surface area (Å²) in [4.78, 5) is 0. The Labute approximate surface area is 174 Å². The van der Waals surface area contributed by atoms with Gasteiger partial charge >= 0.3 is 6.18 Å². The fraction of sp³-hybridized carbons (Fsp3) is 0.615. The number of hydrogen-bond acceptors (Lipinski definition) is 0. The lowest BCUT2D eigenvalue weighted by Crippen LogP contribution is -2.25. The van der Waals surface area contributed by atoms with Crippen LogP contribution in [-0.2, 0) is 6.18 Å². The van der Waals surface area contributed by atoms with Crippen LogP contribution in [0.4, 0.5) is 13.2 Å². The van der Waals surface area contributed by atoms with E-state index in [2.05, 4.69) is 24.8 Å². The fourth-order valence-electron chi connectivity index (χ4n) is 5.22. The van der Waals surface area contributed by atoms with Gasteiger partial charge in [0, 0.05) is 5.56 Å². The van der Waals surface area contributed by atoms with Crippen LogP contribution >= 0.6 is 0 Å². The van der Waals surface area contributed by atoms with Gasteiger partial charge in [-0.15, -0.1) is 0 Å². The Morgan fingerprint density at radius 2 is 1.48 bits per heavy atom. The molecule has 158 valence electrons. The van der Waals surface area contributed by atoms with Crippen LogP contribution in [0, 0.1) is 35.5 Å². The van der Waals surface area contributed by atoms with Crippen molar-refractivity contribution >= 4 is 0 Å². The maximum atomic E-state index is 12.6. The summed E-state index contributed by atoms with van der Waals surface area (Å²) in [7, 11) is 0. The van der Waals surface area contributed by atoms with E-state index < -0.39 is 11.7 Å². The van der Waals surface area contributed by atoms with Crippen molar-refractivity contribution in [3.8, 4) is 11.8 Å². The molecule has 2 saturated carbocycles. The van der Waals surface area contributed by atoms with Crippen molar-refractivity contribution in [1.29, 1.82) is 0 Å². The SMILES string of the molecule is CCCC1CCC(C2CCC(C=CC#Cc3ccc(C(F)(F)F)cc3)CC2)CC1. The molecule has 29 heavy (non-hydrogen) atoms. The minimum absolute atomic E-state index is 0.601.